The molecule has 0 aliphatic carbocycles. The lowest BCUT2D eigenvalue weighted by molar-refractivity contribution is 0.103. The quantitative estimate of drug-likeness (QED) is 0.743. The number of ketones is 1. The zero-order valence-electron chi connectivity index (χ0n) is 8.77. The summed E-state index contributed by atoms with van der Waals surface area (Å²) in [5, 5.41) is 0.456. The van der Waals surface area contributed by atoms with Crippen molar-refractivity contribution in [3.8, 4) is 0 Å². The van der Waals surface area contributed by atoms with Gasteiger partial charge in [-0.25, -0.2) is 0 Å². The maximum atomic E-state index is 12.1. The molecule has 0 aliphatic heterocycles. The van der Waals surface area contributed by atoms with Crippen molar-refractivity contribution in [2.45, 2.75) is 6.92 Å². The first-order chi connectivity index (χ1) is 7.70. The van der Waals surface area contributed by atoms with Gasteiger partial charge in [0.15, 0.2) is 0 Å². The molecule has 0 amide bonds. The summed E-state index contributed by atoms with van der Waals surface area (Å²) in [5.74, 6) is -0.135. The van der Waals surface area contributed by atoms with Crippen LogP contribution < -0.4 is 0 Å². The Hall–Kier alpha value is -1.67. The molecule has 0 saturated heterocycles. The Bertz CT molecular complexity index is 489. The molecule has 2 aromatic rings. The molecule has 0 bridgehead atoms. The summed E-state index contributed by atoms with van der Waals surface area (Å²) in [6.45, 7) is 1.86. The van der Waals surface area contributed by atoms with Crippen LogP contribution in [0.25, 0.3) is 0 Å². The Kier molecular flexibility index (Phi) is 3.02. The van der Waals surface area contributed by atoms with Crippen molar-refractivity contribution in [3.05, 3.63) is 64.4 Å². The third-order valence-corrected chi connectivity index (χ3v) is 2.67. The van der Waals surface area contributed by atoms with E-state index in [1.54, 1.807) is 36.5 Å². The topological polar surface area (TPSA) is 30.0 Å². The number of aromatic nitrogens is 1. The number of rotatable bonds is 2. The van der Waals surface area contributed by atoms with Gasteiger partial charge in [0.1, 0.15) is 5.69 Å². The summed E-state index contributed by atoms with van der Waals surface area (Å²) < 4.78 is 0. The van der Waals surface area contributed by atoms with Gasteiger partial charge in [0.2, 0.25) is 5.78 Å². The van der Waals surface area contributed by atoms with Crippen molar-refractivity contribution in [1.82, 2.24) is 4.98 Å². The molecule has 0 N–H and O–H groups in total. The van der Waals surface area contributed by atoms with Crippen LogP contribution in [0.15, 0.2) is 42.6 Å². The van der Waals surface area contributed by atoms with Crippen molar-refractivity contribution in [1.29, 1.82) is 0 Å². The summed E-state index contributed by atoms with van der Waals surface area (Å²) >= 11 is 5.97. The highest BCUT2D eigenvalue weighted by atomic mass is 35.5. The lowest BCUT2D eigenvalue weighted by Crippen LogP contribution is -2.06. The Labute approximate surface area is 98.9 Å². The minimum Gasteiger partial charge on any atom is -0.287 e. The first-order valence-corrected chi connectivity index (χ1v) is 5.29. The van der Waals surface area contributed by atoms with Gasteiger partial charge in [0.05, 0.1) is 5.02 Å². The number of pyridine rings is 1. The van der Waals surface area contributed by atoms with Gasteiger partial charge in [0.25, 0.3) is 0 Å². The molecule has 0 aliphatic rings. The Morgan fingerprint density at radius 2 is 1.94 bits per heavy atom. The summed E-state index contributed by atoms with van der Waals surface area (Å²) in [6, 6.07) is 10.7. The predicted octanol–water partition coefficient (Wildman–Crippen LogP) is 3.27. The molecule has 2 rings (SSSR count). The van der Waals surface area contributed by atoms with Crippen LogP contribution in [0.5, 0.6) is 0 Å². The number of hydrogen-bond acceptors (Lipinski definition) is 2. The van der Waals surface area contributed by atoms with Crippen LogP contribution in [0.3, 0.4) is 0 Å². The molecule has 3 heteroatoms. The van der Waals surface area contributed by atoms with Gasteiger partial charge in [-0.1, -0.05) is 29.8 Å². The Balaban J connectivity index is 2.48. The largest absolute Gasteiger partial charge is 0.287 e. The first kappa shape index (κ1) is 10.8. The second kappa shape index (κ2) is 4.45. The second-order valence-corrected chi connectivity index (χ2v) is 3.89. The standard InChI is InChI=1S/C13H10ClNO/c1-9-5-4-8-15-12(9)13(16)10-6-2-3-7-11(10)14/h2-8H,1H3. The average Bonchev–Trinajstić information content (AvgIpc) is 2.29. The summed E-state index contributed by atoms with van der Waals surface area (Å²) in [5.41, 5.74) is 1.80. The molecule has 1 heterocycles. The summed E-state index contributed by atoms with van der Waals surface area (Å²) in [7, 11) is 0. The van der Waals surface area contributed by atoms with E-state index < -0.39 is 0 Å². The molecule has 0 fully saturated rings. The van der Waals surface area contributed by atoms with Crippen molar-refractivity contribution < 1.29 is 4.79 Å². The second-order valence-electron chi connectivity index (χ2n) is 3.48. The zero-order valence-corrected chi connectivity index (χ0v) is 9.53. The highest BCUT2D eigenvalue weighted by molar-refractivity contribution is 6.34. The zero-order chi connectivity index (χ0) is 11.5. The van der Waals surface area contributed by atoms with Gasteiger partial charge in [-0.05, 0) is 30.7 Å². The molecule has 16 heavy (non-hydrogen) atoms. The van der Waals surface area contributed by atoms with E-state index >= 15 is 0 Å². The lowest BCUT2D eigenvalue weighted by Gasteiger charge is -2.04. The maximum absolute atomic E-state index is 12.1. The van der Waals surface area contributed by atoms with Gasteiger partial charge in [-0.15, -0.1) is 0 Å². The van der Waals surface area contributed by atoms with E-state index in [4.69, 9.17) is 11.6 Å². The van der Waals surface area contributed by atoms with Crippen molar-refractivity contribution in [2.75, 3.05) is 0 Å². The van der Waals surface area contributed by atoms with Gasteiger partial charge < -0.3 is 0 Å². The molecule has 0 radical (unpaired) electrons. The SMILES string of the molecule is Cc1cccnc1C(=O)c1ccccc1Cl. The molecular weight excluding hydrogens is 222 g/mol. The number of halogens is 1. The van der Waals surface area contributed by atoms with E-state index in [2.05, 4.69) is 4.98 Å². The molecule has 0 spiro atoms. The van der Waals surface area contributed by atoms with Crippen LogP contribution in [0.4, 0.5) is 0 Å². The van der Waals surface area contributed by atoms with E-state index in [-0.39, 0.29) is 5.78 Å². The highest BCUT2D eigenvalue weighted by Gasteiger charge is 2.15. The fourth-order valence-corrected chi connectivity index (χ4v) is 1.72. The van der Waals surface area contributed by atoms with Gasteiger partial charge in [-0.3, -0.25) is 9.78 Å². The molecule has 1 aromatic heterocycles. The average molecular weight is 232 g/mol. The van der Waals surface area contributed by atoms with Crippen LogP contribution in [0.2, 0.25) is 5.02 Å². The first-order valence-electron chi connectivity index (χ1n) is 4.91. The molecule has 80 valence electrons. The Morgan fingerprint density at radius 3 is 2.62 bits per heavy atom. The van der Waals surface area contributed by atoms with Crippen LogP contribution in [0, 0.1) is 6.92 Å². The number of aryl methyl sites for hydroxylation is 1. The lowest BCUT2D eigenvalue weighted by atomic mass is 10.0. The third-order valence-electron chi connectivity index (χ3n) is 2.34. The summed E-state index contributed by atoms with van der Waals surface area (Å²) in [4.78, 5) is 16.2. The summed E-state index contributed by atoms with van der Waals surface area (Å²) in [6.07, 6.45) is 1.61. The molecule has 2 nitrogen and oxygen atoms in total. The number of carbonyl (C=O) groups is 1. The highest BCUT2D eigenvalue weighted by Crippen LogP contribution is 2.19. The van der Waals surface area contributed by atoms with Crippen LogP contribution in [-0.2, 0) is 0 Å². The number of benzene rings is 1. The van der Waals surface area contributed by atoms with Crippen molar-refractivity contribution in [2.24, 2.45) is 0 Å². The smallest absolute Gasteiger partial charge is 0.213 e. The molecule has 0 saturated carbocycles. The van der Waals surface area contributed by atoms with Gasteiger partial charge in [-0.2, -0.15) is 0 Å². The normalized spacial score (nSPS) is 10.1. The van der Waals surface area contributed by atoms with E-state index in [0.717, 1.165) is 5.56 Å². The third kappa shape index (κ3) is 1.97. The van der Waals surface area contributed by atoms with E-state index in [9.17, 15) is 4.79 Å². The van der Waals surface area contributed by atoms with Crippen LogP contribution in [-0.4, -0.2) is 10.8 Å². The maximum Gasteiger partial charge on any atom is 0.213 e. The van der Waals surface area contributed by atoms with Crippen LogP contribution in [0.1, 0.15) is 21.6 Å². The Morgan fingerprint density at radius 1 is 1.19 bits per heavy atom. The minimum atomic E-state index is -0.135. The fraction of sp³-hybridized carbons (Fsp3) is 0.0769. The van der Waals surface area contributed by atoms with Gasteiger partial charge in [0, 0.05) is 11.8 Å². The molecule has 0 atom stereocenters. The van der Waals surface area contributed by atoms with Crippen molar-refractivity contribution in [3.63, 3.8) is 0 Å². The van der Waals surface area contributed by atoms with E-state index in [0.29, 0.717) is 16.3 Å². The number of carbonyl (C=O) groups excluding carboxylic acids is 1. The van der Waals surface area contributed by atoms with Crippen LogP contribution >= 0.6 is 11.6 Å². The van der Waals surface area contributed by atoms with E-state index in [1.807, 2.05) is 13.0 Å². The van der Waals surface area contributed by atoms with E-state index in [1.165, 1.54) is 0 Å². The van der Waals surface area contributed by atoms with Gasteiger partial charge >= 0.3 is 0 Å². The molecule has 1 aromatic carbocycles. The molecule has 0 unspecified atom stereocenters. The fourth-order valence-electron chi connectivity index (χ4n) is 1.50. The minimum absolute atomic E-state index is 0.135. The molecular formula is C13H10ClNO. The number of hydrogen-bond donors (Lipinski definition) is 0. The van der Waals surface area contributed by atoms with Crippen molar-refractivity contribution >= 4 is 17.4 Å². The predicted molar refractivity (Wildman–Crippen MR) is 63.9 cm³/mol. The number of nitrogens with zero attached hydrogens (tertiary/aromatic N) is 1. The monoisotopic (exact) mass is 231 g/mol.